The number of ether oxygens (including phenoxy) is 1. The second kappa shape index (κ2) is 7.15. The maximum Gasteiger partial charge on any atom is 0.0870 e. The fraction of sp³-hybridized carbons (Fsp3) is 0.900. The molecule has 0 fully saturated rings. The molecule has 0 saturated carbocycles. The minimum Gasteiger partial charge on any atom is -0.392 e. The maximum atomic E-state index is 5.51. The first-order valence-corrected chi connectivity index (χ1v) is 5.48. The van der Waals surface area contributed by atoms with Gasteiger partial charge in [-0.25, -0.2) is 0 Å². The standard InChI is InChI=1S/C10H22N2OS/c1-8(2)12(7-10(11)14)5-6-13-9(3)4/h8-9H,5-7H2,1-4H3,(H2,11,14). The Morgan fingerprint density at radius 2 is 1.93 bits per heavy atom. The highest BCUT2D eigenvalue weighted by Gasteiger charge is 2.10. The number of hydrogen-bond acceptors (Lipinski definition) is 3. The van der Waals surface area contributed by atoms with Crippen molar-refractivity contribution in [3.8, 4) is 0 Å². The fourth-order valence-electron chi connectivity index (χ4n) is 1.13. The van der Waals surface area contributed by atoms with Crippen molar-refractivity contribution in [2.75, 3.05) is 19.7 Å². The van der Waals surface area contributed by atoms with Crippen LogP contribution in [0.3, 0.4) is 0 Å². The van der Waals surface area contributed by atoms with Gasteiger partial charge in [-0.3, -0.25) is 4.90 Å². The van der Waals surface area contributed by atoms with Crippen LogP contribution in [0.1, 0.15) is 27.7 Å². The predicted octanol–water partition coefficient (Wildman–Crippen LogP) is 1.41. The Kier molecular flexibility index (Phi) is 7.05. The van der Waals surface area contributed by atoms with Crippen LogP contribution in [0.25, 0.3) is 0 Å². The lowest BCUT2D eigenvalue weighted by atomic mass is 10.3. The molecular weight excluding hydrogens is 196 g/mol. The molecule has 84 valence electrons. The third kappa shape index (κ3) is 7.24. The fourth-order valence-corrected chi connectivity index (χ4v) is 1.29. The van der Waals surface area contributed by atoms with Crippen molar-refractivity contribution in [3.05, 3.63) is 0 Å². The highest BCUT2D eigenvalue weighted by molar-refractivity contribution is 7.80. The summed E-state index contributed by atoms with van der Waals surface area (Å²) in [5.41, 5.74) is 5.51. The molecule has 14 heavy (non-hydrogen) atoms. The topological polar surface area (TPSA) is 38.5 Å². The molecule has 0 spiro atoms. The Labute approximate surface area is 92.6 Å². The Hall–Kier alpha value is -0.190. The molecule has 0 bridgehead atoms. The van der Waals surface area contributed by atoms with E-state index in [0.29, 0.717) is 17.6 Å². The third-order valence-corrected chi connectivity index (χ3v) is 2.05. The lowest BCUT2D eigenvalue weighted by molar-refractivity contribution is 0.0563. The van der Waals surface area contributed by atoms with E-state index in [4.69, 9.17) is 22.7 Å². The number of hydrogen-bond donors (Lipinski definition) is 1. The maximum absolute atomic E-state index is 5.51. The monoisotopic (exact) mass is 218 g/mol. The second-order valence-electron chi connectivity index (χ2n) is 3.95. The molecule has 3 nitrogen and oxygen atoms in total. The molecule has 0 aromatic heterocycles. The van der Waals surface area contributed by atoms with Gasteiger partial charge >= 0.3 is 0 Å². The summed E-state index contributed by atoms with van der Waals surface area (Å²) in [6.45, 7) is 10.6. The molecule has 0 unspecified atom stereocenters. The summed E-state index contributed by atoms with van der Waals surface area (Å²) in [7, 11) is 0. The molecule has 0 atom stereocenters. The van der Waals surface area contributed by atoms with Gasteiger partial charge in [0.15, 0.2) is 0 Å². The molecule has 0 aromatic rings. The summed E-state index contributed by atoms with van der Waals surface area (Å²) in [5, 5.41) is 0. The highest BCUT2D eigenvalue weighted by atomic mass is 32.1. The molecule has 0 rings (SSSR count). The quantitative estimate of drug-likeness (QED) is 0.656. The minimum atomic E-state index is 0.286. The first-order valence-electron chi connectivity index (χ1n) is 5.07. The summed E-state index contributed by atoms with van der Waals surface area (Å²) in [5.74, 6) is 0. The zero-order chi connectivity index (χ0) is 11.1. The molecule has 0 radical (unpaired) electrons. The average molecular weight is 218 g/mol. The Bertz CT molecular complexity index is 172. The van der Waals surface area contributed by atoms with Gasteiger partial charge < -0.3 is 10.5 Å². The molecule has 0 heterocycles. The Balaban J connectivity index is 3.79. The molecule has 0 aromatic carbocycles. The number of nitrogens with zero attached hydrogens (tertiary/aromatic N) is 1. The minimum absolute atomic E-state index is 0.286. The van der Waals surface area contributed by atoms with Gasteiger partial charge in [0, 0.05) is 19.1 Å². The lowest BCUT2D eigenvalue weighted by Crippen LogP contribution is -2.40. The van der Waals surface area contributed by atoms with Crippen LogP contribution in [0, 0.1) is 0 Å². The molecule has 0 aliphatic carbocycles. The molecule has 0 amide bonds. The van der Waals surface area contributed by atoms with Crippen LogP contribution in [0.2, 0.25) is 0 Å². The van der Waals surface area contributed by atoms with Crippen LogP contribution in [0.5, 0.6) is 0 Å². The Morgan fingerprint density at radius 1 is 1.36 bits per heavy atom. The predicted molar refractivity (Wildman–Crippen MR) is 64.6 cm³/mol. The van der Waals surface area contributed by atoms with E-state index in [1.807, 2.05) is 13.8 Å². The van der Waals surface area contributed by atoms with Crippen molar-refractivity contribution in [3.63, 3.8) is 0 Å². The van der Waals surface area contributed by atoms with E-state index >= 15 is 0 Å². The van der Waals surface area contributed by atoms with Crippen molar-refractivity contribution < 1.29 is 4.74 Å². The highest BCUT2D eigenvalue weighted by Crippen LogP contribution is 1.98. The number of thiocarbonyl (C=S) groups is 1. The van der Waals surface area contributed by atoms with Crippen molar-refractivity contribution >= 4 is 17.2 Å². The van der Waals surface area contributed by atoms with Gasteiger partial charge in [0.05, 0.1) is 17.7 Å². The number of rotatable bonds is 7. The van der Waals surface area contributed by atoms with E-state index in [9.17, 15) is 0 Å². The first-order chi connectivity index (χ1) is 6.43. The number of nitrogens with two attached hydrogens (primary N) is 1. The van der Waals surface area contributed by atoms with Gasteiger partial charge in [-0.05, 0) is 27.7 Å². The molecule has 0 saturated heterocycles. The normalized spacial score (nSPS) is 11.6. The molecule has 0 aliphatic rings. The zero-order valence-electron chi connectivity index (χ0n) is 9.62. The molecule has 0 aliphatic heterocycles. The van der Waals surface area contributed by atoms with Crippen LogP contribution in [-0.4, -0.2) is 41.7 Å². The van der Waals surface area contributed by atoms with Crippen LogP contribution >= 0.6 is 12.2 Å². The van der Waals surface area contributed by atoms with E-state index in [0.717, 1.165) is 13.2 Å². The van der Waals surface area contributed by atoms with Crippen molar-refractivity contribution in [1.82, 2.24) is 4.90 Å². The van der Waals surface area contributed by atoms with E-state index in [1.54, 1.807) is 0 Å². The van der Waals surface area contributed by atoms with Crippen LogP contribution in [0.15, 0.2) is 0 Å². The van der Waals surface area contributed by atoms with Gasteiger partial charge in [0.2, 0.25) is 0 Å². The van der Waals surface area contributed by atoms with Crippen LogP contribution in [0.4, 0.5) is 0 Å². The largest absolute Gasteiger partial charge is 0.392 e. The average Bonchev–Trinajstić information content (AvgIpc) is 2.00. The van der Waals surface area contributed by atoms with Crippen molar-refractivity contribution in [2.45, 2.75) is 39.8 Å². The van der Waals surface area contributed by atoms with E-state index in [1.165, 1.54) is 0 Å². The lowest BCUT2D eigenvalue weighted by Gasteiger charge is -2.26. The summed E-state index contributed by atoms with van der Waals surface area (Å²) in [6.07, 6.45) is 0.286. The SMILES string of the molecule is CC(C)OCCN(CC(N)=S)C(C)C. The van der Waals surface area contributed by atoms with E-state index < -0.39 is 0 Å². The Morgan fingerprint density at radius 3 is 2.29 bits per heavy atom. The van der Waals surface area contributed by atoms with Gasteiger partial charge in [-0.1, -0.05) is 12.2 Å². The van der Waals surface area contributed by atoms with Crippen molar-refractivity contribution in [2.24, 2.45) is 5.73 Å². The summed E-state index contributed by atoms with van der Waals surface area (Å²) >= 11 is 4.89. The van der Waals surface area contributed by atoms with Gasteiger partial charge in [-0.2, -0.15) is 0 Å². The van der Waals surface area contributed by atoms with E-state index in [2.05, 4.69) is 18.7 Å². The third-order valence-electron chi connectivity index (χ3n) is 1.92. The summed E-state index contributed by atoms with van der Waals surface area (Å²) in [6, 6.07) is 0.451. The van der Waals surface area contributed by atoms with Gasteiger partial charge in [-0.15, -0.1) is 0 Å². The zero-order valence-corrected chi connectivity index (χ0v) is 10.4. The molecule has 2 N–H and O–H groups in total. The van der Waals surface area contributed by atoms with Crippen LogP contribution < -0.4 is 5.73 Å². The van der Waals surface area contributed by atoms with Gasteiger partial charge in [0.1, 0.15) is 0 Å². The van der Waals surface area contributed by atoms with Gasteiger partial charge in [0.25, 0.3) is 0 Å². The molecule has 4 heteroatoms. The van der Waals surface area contributed by atoms with E-state index in [-0.39, 0.29) is 6.10 Å². The first kappa shape index (κ1) is 13.8. The van der Waals surface area contributed by atoms with Crippen molar-refractivity contribution in [1.29, 1.82) is 0 Å². The molecular formula is C10H22N2OS. The summed E-state index contributed by atoms with van der Waals surface area (Å²) in [4.78, 5) is 2.76. The van der Waals surface area contributed by atoms with Crippen LogP contribution in [-0.2, 0) is 4.74 Å². The smallest absolute Gasteiger partial charge is 0.0870 e. The second-order valence-corrected chi connectivity index (χ2v) is 4.47. The summed E-state index contributed by atoms with van der Waals surface area (Å²) < 4.78 is 5.48.